The van der Waals surface area contributed by atoms with Gasteiger partial charge in [0.15, 0.2) is 0 Å². The van der Waals surface area contributed by atoms with Crippen molar-refractivity contribution in [3.8, 4) is 0 Å². The third kappa shape index (κ3) is 5.00. The van der Waals surface area contributed by atoms with Crippen LogP contribution >= 0.6 is 0 Å². The monoisotopic (exact) mass is 368 g/mol. The van der Waals surface area contributed by atoms with E-state index in [-0.39, 0.29) is 24.4 Å². The minimum absolute atomic E-state index is 0.152. The van der Waals surface area contributed by atoms with E-state index >= 15 is 0 Å². The number of methoxy groups -OCH3 is 1. The van der Waals surface area contributed by atoms with Crippen LogP contribution in [-0.4, -0.2) is 48.9 Å². The Balaban J connectivity index is 1.80. The predicted molar refractivity (Wildman–Crippen MR) is 89.3 cm³/mol. The molecular weight excluding hydrogens is 346 g/mol. The van der Waals surface area contributed by atoms with Crippen LogP contribution < -0.4 is 5.32 Å². The van der Waals surface area contributed by atoms with Crippen molar-refractivity contribution in [1.29, 1.82) is 0 Å². The van der Waals surface area contributed by atoms with Crippen LogP contribution in [0, 0.1) is 11.6 Å². The average Bonchev–Trinajstić information content (AvgIpc) is 2.64. The maximum absolute atomic E-state index is 13.5. The van der Waals surface area contributed by atoms with Crippen LogP contribution in [0.3, 0.4) is 0 Å². The van der Waals surface area contributed by atoms with Gasteiger partial charge in [0.1, 0.15) is 17.7 Å². The summed E-state index contributed by atoms with van der Waals surface area (Å²) in [5.74, 6) is -2.96. The molecule has 1 aliphatic rings. The average molecular weight is 368 g/mol. The highest BCUT2D eigenvalue weighted by Crippen LogP contribution is 2.19. The maximum Gasteiger partial charge on any atom is 0.328 e. The maximum atomic E-state index is 13.5. The number of halogens is 2. The van der Waals surface area contributed by atoms with E-state index in [1.54, 1.807) is 0 Å². The van der Waals surface area contributed by atoms with Crippen LogP contribution in [0.1, 0.15) is 42.5 Å². The van der Waals surface area contributed by atoms with Gasteiger partial charge in [-0.25, -0.2) is 13.6 Å². The minimum atomic E-state index is -0.937. The molecular formula is C18H22F2N2O4. The largest absolute Gasteiger partial charge is 0.467 e. The quantitative estimate of drug-likeness (QED) is 0.616. The van der Waals surface area contributed by atoms with Gasteiger partial charge in [-0.05, 0) is 37.8 Å². The first-order valence-electron chi connectivity index (χ1n) is 8.54. The molecule has 1 unspecified atom stereocenters. The summed E-state index contributed by atoms with van der Waals surface area (Å²) in [6.45, 7) is 0.671. The van der Waals surface area contributed by atoms with Crippen molar-refractivity contribution in [1.82, 2.24) is 10.2 Å². The van der Waals surface area contributed by atoms with Crippen molar-refractivity contribution in [3.63, 3.8) is 0 Å². The molecule has 8 heteroatoms. The van der Waals surface area contributed by atoms with Gasteiger partial charge in [-0.2, -0.15) is 0 Å². The van der Waals surface area contributed by atoms with Crippen LogP contribution in [0.15, 0.2) is 18.2 Å². The first kappa shape index (κ1) is 19.8. The number of likely N-dealkylation sites (tertiary alicyclic amines) is 1. The number of nitrogens with one attached hydrogen (secondary N) is 1. The summed E-state index contributed by atoms with van der Waals surface area (Å²) in [5, 5.41) is 2.50. The van der Waals surface area contributed by atoms with Crippen LogP contribution in [-0.2, 0) is 14.3 Å². The Morgan fingerprint density at radius 2 is 2.04 bits per heavy atom. The molecule has 1 aromatic carbocycles. The van der Waals surface area contributed by atoms with Gasteiger partial charge < -0.3 is 15.0 Å². The Hall–Kier alpha value is -2.51. The van der Waals surface area contributed by atoms with Crippen molar-refractivity contribution in [2.75, 3.05) is 20.2 Å². The van der Waals surface area contributed by atoms with Crippen LogP contribution in [0.2, 0.25) is 0 Å². The molecule has 1 aliphatic heterocycles. The summed E-state index contributed by atoms with van der Waals surface area (Å²) in [6.07, 6.45) is 2.78. The van der Waals surface area contributed by atoms with Gasteiger partial charge in [0.05, 0.1) is 12.7 Å². The zero-order valence-corrected chi connectivity index (χ0v) is 14.6. The summed E-state index contributed by atoms with van der Waals surface area (Å²) in [5.41, 5.74) is -0.250. The van der Waals surface area contributed by atoms with Gasteiger partial charge in [-0.3, -0.25) is 9.59 Å². The highest BCUT2D eigenvalue weighted by molar-refractivity contribution is 5.94. The highest BCUT2D eigenvalue weighted by Gasteiger charge is 2.32. The van der Waals surface area contributed by atoms with Gasteiger partial charge in [-0.1, -0.05) is 0 Å². The fourth-order valence-electron chi connectivity index (χ4n) is 2.97. The summed E-state index contributed by atoms with van der Waals surface area (Å²) < 4.78 is 31.1. The van der Waals surface area contributed by atoms with E-state index < -0.39 is 29.6 Å². The molecule has 0 radical (unpaired) electrons. The number of ether oxygens (including phenoxy) is 1. The van der Waals surface area contributed by atoms with E-state index in [9.17, 15) is 23.2 Å². The van der Waals surface area contributed by atoms with Crippen LogP contribution in [0.4, 0.5) is 8.78 Å². The van der Waals surface area contributed by atoms with Crippen LogP contribution in [0.5, 0.6) is 0 Å². The summed E-state index contributed by atoms with van der Waals surface area (Å²) >= 11 is 0. The molecule has 1 N–H and O–H groups in total. The first-order valence-corrected chi connectivity index (χ1v) is 8.54. The fourth-order valence-corrected chi connectivity index (χ4v) is 2.97. The number of carbonyl (C=O) groups excluding carboxylic acids is 3. The van der Waals surface area contributed by atoms with E-state index in [1.165, 1.54) is 12.0 Å². The minimum Gasteiger partial charge on any atom is -0.467 e. The molecule has 0 saturated carbocycles. The lowest BCUT2D eigenvalue weighted by Crippen LogP contribution is -2.48. The van der Waals surface area contributed by atoms with E-state index in [2.05, 4.69) is 5.32 Å². The zero-order chi connectivity index (χ0) is 19.1. The molecule has 0 bridgehead atoms. The number of carbonyl (C=O) groups is 3. The standard InChI is InChI=1S/C18H22F2N2O4/c1-26-18(25)15-5-2-3-10-22(15)16(23)6-4-9-21-17(24)13-8-7-12(19)11-14(13)20/h7-8,11,15H,2-6,9-10H2,1H3,(H,21,24). The molecule has 142 valence electrons. The number of benzene rings is 1. The second-order valence-corrected chi connectivity index (χ2v) is 6.11. The molecule has 1 atom stereocenters. The Kier molecular flexibility index (Phi) is 7.06. The molecule has 6 nitrogen and oxygen atoms in total. The number of rotatable bonds is 6. The smallest absolute Gasteiger partial charge is 0.328 e. The number of amides is 2. The van der Waals surface area contributed by atoms with Gasteiger partial charge in [0, 0.05) is 25.6 Å². The fraction of sp³-hybridized carbons (Fsp3) is 0.500. The second-order valence-electron chi connectivity index (χ2n) is 6.11. The molecule has 0 aliphatic carbocycles. The SMILES string of the molecule is COC(=O)C1CCCCN1C(=O)CCCNC(=O)c1ccc(F)cc1F. The van der Waals surface area contributed by atoms with Crippen molar-refractivity contribution in [2.24, 2.45) is 0 Å². The Morgan fingerprint density at radius 3 is 2.73 bits per heavy atom. The molecule has 0 spiro atoms. The molecule has 2 amide bonds. The van der Waals surface area contributed by atoms with Gasteiger partial charge >= 0.3 is 5.97 Å². The second kappa shape index (κ2) is 9.26. The number of hydrogen-bond donors (Lipinski definition) is 1. The van der Waals surface area contributed by atoms with E-state index in [1.807, 2.05) is 0 Å². The third-order valence-corrected chi connectivity index (χ3v) is 4.33. The van der Waals surface area contributed by atoms with Crippen molar-refractivity contribution < 1.29 is 27.9 Å². The summed E-state index contributed by atoms with van der Waals surface area (Å²) in [7, 11) is 1.30. The number of hydrogen-bond acceptors (Lipinski definition) is 4. The topological polar surface area (TPSA) is 75.7 Å². The molecule has 1 heterocycles. The lowest BCUT2D eigenvalue weighted by Gasteiger charge is -2.33. The Labute approximate surface area is 150 Å². The van der Waals surface area contributed by atoms with Crippen LogP contribution in [0.25, 0.3) is 0 Å². The molecule has 1 saturated heterocycles. The van der Waals surface area contributed by atoms with E-state index in [0.29, 0.717) is 25.5 Å². The van der Waals surface area contributed by atoms with Crippen molar-refractivity contribution >= 4 is 17.8 Å². The zero-order valence-electron chi connectivity index (χ0n) is 14.6. The number of esters is 1. The lowest BCUT2D eigenvalue weighted by atomic mass is 10.0. The van der Waals surface area contributed by atoms with Crippen molar-refractivity contribution in [2.45, 2.75) is 38.1 Å². The van der Waals surface area contributed by atoms with E-state index in [0.717, 1.165) is 25.0 Å². The molecule has 0 aromatic heterocycles. The first-order chi connectivity index (χ1) is 12.4. The number of piperidine rings is 1. The summed E-state index contributed by atoms with van der Waals surface area (Å²) in [4.78, 5) is 37.5. The Bertz CT molecular complexity index is 681. The van der Waals surface area contributed by atoms with Gasteiger partial charge in [-0.15, -0.1) is 0 Å². The summed E-state index contributed by atoms with van der Waals surface area (Å²) in [6, 6.07) is 2.16. The normalized spacial score (nSPS) is 16.9. The molecule has 1 aromatic rings. The lowest BCUT2D eigenvalue weighted by molar-refractivity contribution is -0.154. The van der Waals surface area contributed by atoms with Gasteiger partial charge in [0.25, 0.3) is 5.91 Å². The molecule has 2 rings (SSSR count). The van der Waals surface area contributed by atoms with Gasteiger partial charge in [0.2, 0.25) is 5.91 Å². The molecule has 26 heavy (non-hydrogen) atoms. The highest BCUT2D eigenvalue weighted by atomic mass is 19.1. The Morgan fingerprint density at radius 1 is 1.27 bits per heavy atom. The van der Waals surface area contributed by atoms with E-state index in [4.69, 9.17) is 4.74 Å². The van der Waals surface area contributed by atoms with Crippen molar-refractivity contribution in [3.05, 3.63) is 35.4 Å². The number of nitrogens with zero attached hydrogens (tertiary/aromatic N) is 1. The third-order valence-electron chi connectivity index (χ3n) is 4.33. The molecule has 1 fully saturated rings. The predicted octanol–water partition coefficient (Wildman–Crippen LogP) is 2.03.